The molecular formula is C82H96Cl2N11O33P. The predicted molar refractivity (Wildman–Crippen MR) is 444 cm³/mol. The zero-order valence-corrected chi connectivity index (χ0v) is 71.6. The third-order valence-electron chi connectivity index (χ3n) is 21.7. The van der Waals surface area contributed by atoms with Gasteiger partial charge in [-0.05, 0) is 134 Å². The van der Waals surface area contributed by atoms with Crippen molar-refractivity contribution < 1.29 is 161 Å². The van der Waals surface area contributed by atoms with E-state index in [2.05, 4.69) is 37.2 Å². The molecule has 0 aromatic heterocycles. The first-order valence-corrected chi connectivity index (χ1v) is 42.4. The number of amides is 10. The number of hydrogen-bond acceptors (Lipinski definition) is 31. The van der Waals surface area contributed by atoms with Gasteiger partial charge < -0.3 is 157 Å². The average Bonchev–Trinajstić information content (AvgIpc) is 0.761. The van der Waals surface area contributed by atoms with Gasteiger partial charge in [0.2, 0.25) is 60.2 Å². The molecule has 7 aliphatic rings. The zero-order valence-electron chi connectivity index (χ0n) is 69.2. The van der Waals surface area contributed by atoms with Gasteiger partial charge in [0.05, 0.1) is 35.3 Å². The van der Waals surface area contributed by atoms with Crippen LogP contribution in [0.2, 0.25) is 10.0 Å². The number of carbonyl (C=O) groups excluding carboxylic acids is 10. The molecule has 19 atom stereocenters. The van der Waals surface area contributed by atoms with Crippen molar-refractivity contribution in [3.63, 3.8) is 0 Å². The molecule has 47 heteroatoms. The Labute approximate surface area is 743 Å². The number of aliphatic carboxylic acids is 1. The predicted octanol–water partition coefficient (Wildman–Crippen LogP) is 1.66. The van der Waals surface area contributed by atoms with E-state index >= 15 is 24.0 Å². The molecule has 7 aliphatic heterocycles. The molecule has 44 nitrogen and oxygen atoms in total. The number of aromatic hydroxyl groups is 3. The first-order chi connectivity index (χ1) is 60.8. The van der Waals surface area contributed by atoms with Gasteiger partial charge in [-0.2, -0.15) is 0 Å². The number of likely N-dealkylation sites (N-methyl/N-ethyl adjacent to an activating group) is 1. The lowest BCUT2D eigenvalue weighted by atomic mass is 9.86. The van der Waals surface area contributed by atoms with Crippen LogP contribution >= 0.6 is 30.8 Å². The number of urea groups is 1. The lowest BCUT2D eigenvalue weighted by Gasteiger charge is -2.47. The molecule has 2 fully saturated rings. The van der Waals surface area contributed by atoms with Crippen LogP contribution in [0.5, 0.6) is 46.0 Å². The van der Waals surface area contributed by atoms with E-state index < -0.39 is 304 Å². The van der Waals surface area contributed by atoms with Crippen LogP contribution < -0.4 is 62.9 Å². The minimum absolute atomic E-state index is 0.00968. The number of aliphatic hydroxyl groups is 7. The number of carboxylic acids is 1. The molecule has 2 saturated heterocycles. The molecule has 7 heterocycles. The highest BCUT2D eigenvalue weighted by Crippen LogP contribution is 2.51. The summed E-state index contributed by atoms with van der Waals surface area (Å²) in [5, 5.41) is 141. The summed E-state index contributed by atoms with van der Waals surface area (Å²) in [4.78, 5) is 181. The normalized spacial score (nSPS) is 25.8. The van der Waals surface area contributed by atoms with Crippen molar-refractivity contribution in [1.29, 1.82) is 0 Å². The van der Waals surface area contributed by atoms with Gasteiger partial charge >= 0.3 is 31.7 Å². The summed E-state index contributed by atoms with van der Waals surface area (Å²) in [5.74, 6) is -21.4. The maximum absolute atomic E-state index is 16.3. The maximum atomic E-state index is 16.3. The molecule has 10 amide bonds. The molecule has 11 bridgehead atoms. The molecule has 0 spiro atoms. The standard InChI is InChI=1S/C82H96Cl2N11O33P/c1-34(2)21-47(94(5)81(117)122-33-121-56(101)31-95(20-10-9-13-57(102)129(118,119)120)80(116)87-40-11-7-6-8-12-40)73(109)92-63-65(103)37-15-18-50(44(83)23-37)124-52-25-39-26-53(69(52)128-79-70(68(106)67(105)54(32-96)126-79)127-58-30-82(4,86)71(107)35(3)123-58)125-51-19-16-38(24-45(51)84)66(104)64-77(113)91-62(78(114)115)43-27-41(97)28-49(99)59(43)42-22-36(14-17-48(42)98)60(74(110)93-64)90-75(111)61(39)89-72(108)46(29-55(85)100)88-76(63)112/h6-8,11-12,14-19,22-28,34-35,46-47,54,57-58,60-68,70-71,79,96-99,102-107H,9-10,13,20-21,29-33,86H2,1-5H3,(H2,85,100)(H,87,116)(H,88,112)(H,89,108)(H,90,111)(H,91,113)(H,92,109)(H,93,110)(H,114,115)(H2,118,119,120)/t35-,46-,47+,54+,57?,58-,60+,61+,62-,63+,64-,65+,66+,67+,68-,70+,71+,79-,82-/m0/s1. The van der Waals surface area contributed by atoms with Gasteiger partial charge in [0, 0.05) is 54.0 Å². The zero-order chi connectivity index (χ0) is 94.3. The Morgan fingerprint density at radius 1 is 0.713 bits per heavy atom. The molecule has 0 radical (unpaired) electrons. The van der Waals surface area contributed by atoms with Crippen molar-refractivity contribution in [2.24, 2.45) is 17.4 Å². The molecule has 13 rings (SSSR count). The highest BCUT2D eigenvalue weighted by atomic mass is 35.5. The molecule has 0 aliphatic carbocycles. The number of rotatable bonds is 24. The molecule has 6 aromatic carbocycles. The lowest BCUT2D eigenvalue weighted by molar-refractivity contribution is -0.333. The van der Waals surface area contributed by atoms with Crippen molar-refractivity contribution in [1.82, 2.24) is 41.7 Å². The number of anilines is 1. The van der Waals surface area contributed by atoms with E-state index in [0.29, 0.717) is 10.6 Å². The second kappa shape index (κ2) is 41.3. The van der Waals surface area contributed by atoms with Gasteiger partial charge in [0.25, 0.3) is 0 Å². The van der Waals surface area contributed by atoms with E-state index in [1.807, 2.05) is 0 Å². The smallest absolute Gasteiger partial charge is 0.413 e. The second-order valence-corrected chi connectivity index (χ2v) is 34.4. The van der Waals surface area contributed by atoms with Gasteiger partial charge in [-0.25, -0.2) is 14.4 Å². The van der Waals surface area contributed by atoms with E-state index in [1.165, 1.54) is 26.0 Å². The number of nitrogens with two attached hydrogens (primary N) is 2. The first-order valence-electron chi connectivity index (χ1n) is 40.0. The van der Waals surface area contributed by atoms with E-state index in [4.69, 9.17) is 72.6 Å². The summed E-state index contributed by atoms with van der Waals surface area (Å²) in [5.41, 5.74) is 7.78. The summed E-state index contributed by atoms with van der Waals surface area (Å²) >= 11 is 14.3. The minimum atomic E-state index is -4.87. The Morgan fingerprint density at radius 3 is 1.94 bits per heavy atom. The van der Waals surface area contributed by atoms with Crippen LogP contribution in [0.25, 0.3) is 11.1 Å². The highest BCUT2D eigenvalue weighted by Gasteiger charge is 2.52. The number of carbonyl (C=O) groups is 11. The van der Waals surface area contributed by atoms with Crippen LogP contribution in [0.3, 0.4) is 0 Å². The summed E-state index contributed by atoms with van der Waals surface area (Å²) in [7, 11) is -3.82. The fraction of sp³-hybridized carbons (Fsp3) is 0.427. The monoisotopic (exact) mass is 1860 g/mol. The summed E-state index contributed by atoms with van der Waals surface area (Å²) in [6.07, 6.45) is -21.9. The van der Waals surface area contributed by atoms with Crippen molar-refractivity contribution in [2.75, 3.05) is 38.9 Å². The van der Waals surface area contributed by atoms with Crippen LogP contribution in [-0.2, 0) is 71.4 Å². The van der Waals surface area contributed by atoms with Gasteiger partial charge in [-0.15, -0.1) is 0 Å². The number of phenolic OH excluding ortho intramolecular Hbond substituents is 3. The second-order valence-electron chi connectivity index (χ2n) is 31.8. The summed E-state index contributed by atoms with van der Waals surface area (Å²) in [6, 6.07) is 3.95. The number of halogens is 2. The SMILES string of the molecule is CC(C)C[C@H](C(=O)N[C@H]1C(=O)N[C@@H](CC(N)=O)C(=O)N[C@H]2C(=O)N[C@H]3C(=O)N[C@H](C(=O)N[C@H](C(=O)O)c4cc(O)cc(O)c4-c4cc3ccc4O)[C@H](O)c3ccc(c(Cl)c3)Oc3cc2cc(c3O[C@@H]2O[C@H](CO)[C@@H](O)[C@H](O)[C@H]2O[C@H]2C[C@](C)(N)[C@H](O)[C@H](C)O2)Oc2ccc(cc2Cl)[C@H]1O)N(C)C(=O)OCOC(=O)CN(CCCCC(O)P(=O)(O)O)C(=O)Nc1ccccc1. The Balaban J connectivity index is 1.02. The number of esters is 1. The molecule has 1 unspecified atom stereocenters. The van der Waals surface area contributed by atoms with Crippen molar-refractivity contribution in [2.45, 2.75) is 181 Å². The summed E-state index contributed by atoms with van der Waals surface area (Å²) in [6.45, 7) is 2.92. The number of phenols is 3. The fourth-order valence-corrected chi connectivity index (χ4v) is 15.9. The van der Waals surface area contributed by atoms with E-state index in [-0.39, 0.29) is 49.8 Å². The van der Waals surface area contributed by atoms with Crippen molar-refractivity contribution >= 4 is 102 Å². The largest absolute Gasteiger partial charge is 0.508 e. The minimum Gasteiger partial charge on any atom is -0.508 e. The number of fused-ring (bicyclic) bond motifs is 15. The Bertz CT molecular complexity index is 5290. The van der Waals surface area contributed by atoms with E-state index in [0.717, 1.165) is 90.8 Å². The number of nitrogens with zero attached hydrogens (tertiary/aromatic N) is 2. The third-order valence-corrected chi connectivity index (χ3v) is 23.3. The van der Waals surface area contributed by atoms with E-state index in [9.17, 15) is 99.3 Å². The number of unbranched alkanes of at least 4 members (excludes halogenated alkanes) is 1. The van der Waals surface area contributed by atoms with Crippen LogP contribution in [0, 0.1) is 5.92 Å². The highest BCUT2D eigenvalue weighted by molar-refractivity contribution is 7.52. The molecule has 129 heavy (non-hydrogen) atoms. The first kappa shape index (κ1) is 97.8. The number of aliphatic hydroxyl groups excluding tert-OH is 7. The quantitative estimate of drug-likeness (QED) is 0.0177. The lowest BCUT2D eigenvalue weighted by Crippen LogP contribution is -2.64. The molecular weight excluding hydrogens is 1770 g/mol. The number of ether oxygens (including phenoxy) is 8. The molecule has 6 aromatic rings. The number of primary amides is 1. The Hall–Kier alpha value is -11.8. The van der Waals surface area contributed by atoms with Gasteiger partial charge in [0.15, 0.2) is 35.8 Å². The average molecular weight is 1870 g/mol. The molecule has 0 saturated carbocycles. The third kappa shape index (κ3) is 23.3. The van der Waals surface area contributed by atoms with Crippen LogP contribution in [0.1, 0.15) is 124 Å². The van der Waals surface area contributed by atoms with Crippen molar-refractivity contribution in [3.05, 3.63) is 147 Å². The topological polar surface area (TPSA) is 684 Å². The van der Waals surface area contributed by atoms with Gasteiger partial charge in [-0.3, -0.25) is 47.8 Å². The van der Waals surface area contributed by atoms with Gasteiger partial charge in [0.1, 0.15) is 102 Å². The van der Waals surface area contributed by atoms with Crippen LogP contribution in [-0.4, -0.2) is 259 Å². The molecule has 696 valence electrons. The number of benzene rings is 6. The van der Waals surface area contributed by atoms with Crippen LogP contribution in [0.15, 0.2) is 109 Å². The van der Waals surface area contributed by atoms with Crippen LogP contribution in [0.4, 0.5) is 15.3 Å². The fourth-order valence-electron chi connectivity index (χ4n) is 14.9. The maximum Gasteiger partial charge on any atom is 0.413 e. The van der Waals surface area contributed by atoms with E-state index in [1.54, 1.807) is 32.0 Å². The Kier molecular flexibility index (Phi) is 31.3. The Morgan fingerprint density at radius 2 is 1.33 bits per heavy atom. The summed E-state index contributed by atoms with van der Waals surface area (Å²) < 4.78 is 60.5. The molecule has 24 N–H and O–H groups in total. The number of nitrogens with one attached hydrogen (secondary N) is 7. The number of hydrogen-bond donors (Lipinski definition) is 22. The number of para-hydroxylation sites is 1. The van der Waals surface area contributed by atoms with Gasteiger partial charge in [-0.1, -0.05) is 73.4 Å². The number of carboxylic acid groups (broad SMARTS) is 1. The van der Waals surface area contributed by atoms with Crippen molar-refractivity contribution in [3.8, 4) is 57.1 Å².